The maximum Gasteiger partial charge on any atom is 0.435 e. The Morgan fingerprint density at radius 3 is 2.32 bits per heavy atom. The van der Waals surface area contributed by atoms with E-state index >= 15 is 0 Å². The molecular weight excluding hydrogens is 278 g/mol. The fourth-order valence-corrected chi connectivity index (χ4v) is 1.95. The van der Waals surface area contributed by atoms with Crippen LogP contribution in [-0.2, 0) is 11.3 Å². The van der Waals surface area contributed by atoms with Gasteiger partial charge in [-0.2, -0.15) is 5.06 Å². The van der Waals surface area contributed by atoms with Gasteiger partial charge in [0.1, 0.15) is 12.6 Å². The van der Waals surface area contributed by atoms with Crippen molar-refractivity contribution in [2.24, 2.45) is 0 Å². The maximum atomic E-state index is 12.0. The molecule has 0 heterocycles. The highest BCUT2D eigenvalue weighted by Crippen LogP contribution is 2.19. The molecule has 1 unspecified atom stereocenters. The van der Waals surface area contributed by atoms with Crippen molar-refractivity contribution in [2.45, 2.75) is 19.6 Å². The molecule has 0 saturated carbocycles. The molecule has 0 aliphatic heterocycles. The van der Waals surface area contributed by atoms with E-state index < -0.39 is 12.1 Å². The highest BCUT2D eigenvalue weighted by Gasteiger charge is 2.23. The van der Waals surface area contributed by atoms with Crippen LogP contribution in [0.4, 0.5) is 4.79 Å². The summed E-state index contributed by atoms with van der Waals surface area (Å²) in [4.78, 5) is 12.0. The van der Waals surface area contributed by atoms with Gasteiger partial charge in [0, 0.05) is 0 Å². The first-order valence-corrected chi connectivity index (χ1v) is 6.88. The van der Waals surface area contributed by atoms with Crippen molar-refractivity contribution in [1.82, 2.24) is 5.06 Å². The molecule has 0 aliphatic carbocycles. The van der Waals surface area contributed by atoms with Gasteiger partial charge < -0.3 is 4.74 Å². The van der Waals surface area contributed by atoms with Gasteiger partial charge in [-0.3, -0.25) is 5.21 Å². The zero-order valence-electron chi connectivity index (χ0n) is 12.3. The number of hydrogen-bond acceptors (Lipinski definition) is 3. The summed E-state index contributed by atoms with van der Waals surface area (Å²) in [5.74, 6) is 5.52. The minimum absolute atomic E-state index is 0.0950. The number of carbonyl (C=O) groups is 1. The molecular formula is C18H17NO3. The summed E-state index contributed by atoms with van der Waals surface area (Å²) in [5.41, 5.74) is 1.57. The molecule has 0 radical (unpaired) electrons. The predicted molar refractivity (Wildman–Crippen MR) is 82.9 cm³/mol. The van der Waals surface area contributed by atoms with Crippen LogP contribution in [-0.4, -0.2) is 16.4 Å². The standard InChI is InChI=1S/C18H17NO3/c1-2-9-17(16-12-7-4-8-13-16)19(21)18(20)22-14-15-10-5-3-6-11-15/h3-8,10-13,17,21H,14H2,1H3. The van der Waals surface area contributed by atoms with Gasteiger partial charge in [-0.05, 0) is 18.1 Å². The van der Waals surface area contributed by atoms with Crippen LogP contribution in [0.3, 0.4) is 0 Å². The van der Waals surface area contributed by atoms with Crippen molar-refractivity contribution in [3.63, 3.8) is 0 Å². The number of hydrogen-bond donors (Lipinski definition) is 1. The van der Waals surface area contributed by atoms with Crippen molar-refractivity contribution in [1.29, 1.82) is 0 Å². The Morgan fingerprint density at radius 1 is 1.14 bits per heavy atom. The molecule has 0 aliphatic rings. The van der Waals surface area contributed by atoms with Crippen molar-refractivity contribution in [2.75, 3.05) is 0 Å². The normalized spacial score (nSPS) is 11.0. The lowest BCUT2D eigenvalue weighted by atomic mass is 10.1. The molecule has 0 fully saturated rings. The first-order chi connectivity index (χ1) is 10.7. The fourth-order valence-electron chi connectivity index (χ4n) is 1.95. The van der Waals surface area contributed by atoms with Crippen molar-refractivity contribution in [3.8, 4) is 11.8 Å². The number of rotatable bonds is 4. The summed E-state index contributed by atoms with van der Waals surface area (Å²) in [6.45, 7) is 1.75. The molecule has 2 rings (SSSR count). The molecule has 1 atom stereocenters. The Morgan fingerprint density at radius 2 is 1.73 bits per heavy atom. The van der Waals surface area contributed by atoms with E-state index in [2.05, 4.69) is 11.8 Å². The van der Waals surface area contributed by atoms with Crippen LogP contribution >= 0.6 is 0 Å². The van der Waals surface area contributed by atoms with E-state index in [4.69, 9.17) is 4.74 Å². The Bertz CT molecular complexity index is 659. The zero-order chi connectivity index (χ0) is 15.8. The first kappa shape index (κ1) is 15.6. The summed E-state index contributed by atoms with van der Waals surface area (Å²) < 4.78 is 5.11. The number of ether oxygens (including phenoxy) is 1. The van der Waals surface area contributed by atoms with Gasteiger partial charge >= 0.3 is 6.09 Å². The third-order valence-electron chi connectivity index (χ3n) is 3.03. The number of carbonyl (C=O) groups excluding carboxylic acids is 1. The number of hydroxylamine groups is 2. The highest BCUT2D eigenvalue weighted by molar-refractivity contribution is 5.67. The van der Waals surface area contributed by atoms with Crippen molar-refractivity contribution in [3.05, 3.63) is 71.8 Å². The Kier molecular flexibility index (Phi) is 5.58. The summed E-state index contributed by atoms with van der Waals surface area (Å²) in [6.07, 6.45) is -0.833. The van der Waals surface area contributed by atoms with E-state index in [9.17, 15) is 10.0 Å². The summed E-state index contributed by atoms with van der Waals surface area (Å²) >= 11 is 0. The van der Waals surface area contributed by atoms with Crippen LogP contribution in [0.1, 0.15) is 24.1 Å². The fraction of sp³-hybridized carbons (Fsp3) is 0.167. The van der Waals surface area contributed by atoms with Crippen LogP contribution in [0, 0.1) is 11.8 Å². The largest absolute Gasteiger partial charge is 0.443 e. The molecule has 112 valence electrons. The number of amides is 1. The van der Waals surface area contributed by atoms with Crippen LogP contribution in [0.2, 0.25) is 0 Å². The van der Waals surface area contributed by atoms with E-state index in [1.807, 2.05) is 48.5 Å². The molecule has 1 N–H and O–H groups in total. The monoisotopic (exact) mass is 295 g/mol. The molecule has 4 nitrogen and oxygen atoms in total. The highest BCUT2D eigenvalue weighted by atomic mass is 16.6. The van der Waals surface area contributed by atoms with Gasteiger partial charge in [0.2, 0.25) is 0 Å². The molecule has 0 saturated heterocycles. The first-order valence-electron chi connectivity index (χ1n) is 6.88. The van der Waals surface area contributed by atoms with Gasteiger partial charge in [-0.25, -0.2) is 4.79 Å². The zero-order valence-corrected chi connectivity index (χ0v) is 12.3. The lowest BCUT2D eigenvalue weighted by Gasteiger charge is -2.21. The topological polar surface area (TPSA) is 49.8 Å². The van der Waals surface area contributed by atoms with E-state index in [0.29, 0.717) is 5.06 Å². The average Bonchev–Trinajstić information content (AvgIpc) is 2.58. The second kappa shape index (κ2) is 7.87. The van der Waals surface area contributed by atoms with Gasteiger partial charge in [0.25, 0.3) is 0 Å². The molecule has 2 aromatic rings. The van der Waals surface area contributed by atoms with Crippen LogP contribution in [0.15, 0.2) is 60.7 Å². The maximum absolute atomic E-state index is 12.0. The van der Waals surface area contributed by atoms with E-state index in [0.717, 1.165) is 11.1 Å². The van der Waals surface area contributed by atoms with E-state index in [-0.39, 0.29) is 6.61 Å². The smallest absolute Gasteiger partial charge is 0.435 e. The number of nitrogens with zero attached hydrogens (tertiary/aromatic N) is 1. The average molecular weight is 295 g/mol. The van der Waals surface area contributed by atoms with Crippen molar-refractivity contribution < 1.29 is 14.7 Å². The SMILES string of the molecule is CC#CC(c1ccccc1)N(O)C(=O)OCc1ccccc1. The molecule has 4 heteroatoms. The molecule has 0 bridgehead atoms. The third kappa shape index (κ3) is 4.11. The molecule has 2 aromatic carbocycles. The third-order valence-corrected chi connectivity index (χ3v) is 3.03. The van der Waals surface area contributed by atoms with Crippen LogP contribution in [0.25, 0.3) is 0 Å². The molecule has 22 heavy (non-hydrogen) atoms. The van der Waals surface area contributed by atoms with Gasteiger partial charge in [0.05, 0.1) is 0 Å². The summed E-state index contributed by atoms with van der Waals surface area (Å²) in [6, 6.07) is 17.6. The second-order valence-corrected chi connectivity index (χ2v) is 4.59. The second-order valence-electron chi connectivity index (χ2n) is 4.59. The van der Waals surface area contributed by atoms with Crippen LogP contribution in [0.5, 0.6) is 0 Å². The van der Waals surface area contributed by atoms with Gasteiger partial charge in [0.15, 0.2) is 0 Å². The van der Waals surface area contributed by atoms with E-state index in [1.165, 1.54) is 0 Å². The summed E-state index contributed by atoms with van der Waals surface area (Å²) in [7, 11) is 0. The molecule has 0 spiro atoms. The quantitative estimate of drug-likeness (QED) is 0.530. The molecule has 0 aromatic heterocycles. The minimum Gasteiger partial charge on any atom is -0.443 e. The Balaban J connectivity index is 2.05. The molecule has 1 amide bonds. The van der Waals surface area contributed by atoms with Crippen molar-refractivity contribution >= 4 is 6.09 Å². The lowest BCUT2D eigenvalue weighted by molar-refractivity contribution is -0.0935. The Labute approximate surface area is 129 Å². The van der Waals surface area contributed by atoms with Gasteiger partial charge in [-0.15, -0.1) is 5.92 Å². The van der Waals surface area contributed by atoms with E-state index in [1.54, 1.807) is 19.1 Å². The lowest BCUT2D eigenvalue weighted by Crippen LogP contribution is -2.31. The Hall–Kier alpha value is -2.77. The number of benzene rings is 2. The van der Waals surface area contributed by atoms with Gasteiger partial charge in [-0.1, -0.05) is 66.6 Å². The summed E-state index contributed by atoms with van der Waals surface area (Å²) in [5, 5.41) is 10.6. The van der Waals surface area contributed by atoms with Crippen LogP contribution < -0.4 is 0 Å². The predicted octanol–water partition coefficient (Wildman–Crippen LogP) is 3.78. The minimum atomic E-state index is -0.833.